The van der Waals surface area contributed by atoms with Gasteiger partial charge < -0.3 is 14.8 Å². The van der Waals surface area contributed by atoms with Crippen LogP contribution in [0.3, 0.4) is 0 Å². The molecule has 0 aliphatic carbocycles. The first-order valence-corrected chi connectivity index (χ1v) is 10.9. The van der Waals surface area contributed by atoms with Gasteiger partial charge in [-0.2, -0.15) is 0 Å². The van der Waals surface area contributed by atoms with Crippen molar-refractivity contribution in [3.63, 3.8) is 0 Å². The van der Waals surface area contributed by atoms with E-state index in [1.165, 1.54) is 6.08 Å². The van der Waals surface area contributed by atoms with E-state index in [1.807, 2.05) is 30.3 Å². The number of carbonyl (C=O) groups excluding carboxylic acids is 3. The molecule has 0 fully saturated rings. The molecule has 2 aromatic rings. The average molecular weight is 436 g/mol. The highest BCUT2D eigenvalue weighted by Crippen LogP contribution is 2.21. The topological polar surface area (TPSA) is 81.7 Å². The van der Waals surface area contributed by atoms with Crippen molar-refractivity contribution in [1.82, 2.24) is 5.32 Å². The van der Waals surface area contributed by atoms with Gasteiger partial charge in [-0.15, -0.1) is 0 Å². The van der Waals surface area contributed by atoms with Crippen LogP contribution in [0.2, 0.25) is 0 Å². The maximum absolute atomic E-state index is 12.7. The van der Waals surface area contributed by atoms with Gasteiger partial charge >= 0.3 is 5.97 Å². The van der Waals surface area contributed by atoms with Gasteiger partial charge in [0, 0.05) is 12.5 Å². The number of ketones is 1. The van der Waals surface area contributed by atoms with Crippen LogP contribution in [-0.2, 0) is 30.3 Å². The van der Waals surface area contributed by atoms with E-state index in [4.69, 9.17) is 9.47 Å². The van der Waals surface area contributed by atoms with E-state index in [9.17, 15) is 14.4 Å². The van der Waals surface area contributed by atoms with Crippen molar-refractivity contribution >= 4 is 17.7 Å². The van der Waals surface area contributed by atoms with Crippen molar-refractivity contribution in [3.8, 4) is 11.1 Å². The molecule has 2 aromatic carbocycles. The van der Waals surface area contributed by atoms with Crippen LogP contribution in [0.15, 0.2) is 66.4 Å². The predicted molar refractivity (Wildman–Crippen MR) is 122 cm³/mol. The summed E-state index contributed by atoms with van der Waals surface area (Å²) in [5, 5.41) is 2.97. The molecule has 168 valence electrons. The molecule has 2 atom stereocenters. The highest BCUT2D eigenvalue weighted by Gasteiger charge is 2.25. The SMILES string of the molecule is CCOC(=O)C(C)CC(Cc1ccc(-c2ccccc2)cc1)NC(=O)C1=CCC(=O)CO1. The first kappa shape index (κ1) is 23.3. The number of ether oxygens (including phenoxy) is 2. The van der Waals surface area contributed by atoms with Gasteiger partial charge in [-0.1, -0.05) is 61.5 Å². The normalized spacial score (nSPS) is 15.2. The van der Waals surface area contributed by atoms with Crippen LogP contribution >= 0.6 is 0 Å². The van der Waals surface area contributed by atoms with E-state index in [0.29, 0.717) is 19.4 Å². The number of amides is 1. The van der Waals surface area contributed by atoms with Gasteiger partial charge in [0.1, 0.15) is 6.61 Å². The number of hydrogen-bond donors (Lipinski definition) is 1. The Bertz CT molecular complexity index is 965. The fraction of sp³-hybridized carbons (Fsp3) is 0.346. The standard InChI is InChI=1S/C26H29NO5/c1-3-31-26(30)18(2)15-22(27-25(29)24-14-13-23(28)17-32-24)16-19-9-11-21(12-10-19)20-7-5-4-6-8-20/h4-12,14,18,22H,3,13,15-17H2,1-2H3,(H,27,29). The largest absolute Gasteiger partial charge is 0.480 e. The third-order valence-electron chi connectivity index (χ3n) is 5.33. The van der Waals surface area contributed by atoms with Crippen molar-refractivity contribution in [3.05, 3.63) is 72.0 Å². The minimum atomic E-state index is -0.375. The molecule has 3 rings (SSSR count). The molecule has 6 nitrogen and oxygen atoms in total. The molecule has 1 aliphatic rings. The number of benzene rings is 2. The number of carbonyl (C=O) groups is 3. The third kappa shape index (κ3) is 6.54. The molecule has 0 saturated heterocycles. The summed E-state index contributed by atoms with van der Waals surface area (Å²) in [6, 6.07) is 18.0. The summed E-state index contributed by atoms with van der Waals surface area (Å²) in [5.41, 5.74) is 3.29. The highest BCUT2D eigenvalue weighted by atomic mass is 16.5. The number of Topliss-reactive ketones (excluding diaryl/α,β-unsaturated/α-hetero) is 1. The van der Waals surface area contributed by atoms with Crippen LogP contribution < -0.4 is 5.32 Å². The average Bonchev–Trinajstić information content (AvgIpc) is 2.80. The van der Waals surface area contributed by atoms with Gasteiger partial charge in [-0.05, 0) is 42.5 Å². The zero-order chi connectivity index (χ0) is 22.9. The Kier molecular flexibility index (Phi) is 8.20. The van der Waals surface area contributed by atoms with Gasteiger partial charge in [-0.25, -0.2) is 0 Å². The zero-order valence-electron chi connectivity index (χ0n) is 18.5. The van der Waals surface area contributed by atoms with E-state index in [0.717, 1.165) is 16.7 Å². The lowest BCUT2D eigenvalue weighted by Crippen LogP contribution is -2.40. The fourth-order valence-electron chi connectivity index (χ4n) is 3.65. The number of hydrogen-bond acceptors (Lipinski definition) is 5. The number of nitrogens with one attached hydrogen (secondary N) is 1. The van der Waals surface area contributed by atoms with E-state index < -0.39 is 0 Å². The van der Waals surface area contributed by atoms with Crippen LogP contribution in [0.4, 0.5) is 0 Å². The molecule has 2 unspecified atom stereocenters. The summed E-state index contributed by atoms with van der Waals surface area (Å²) in [6.07, 6.45) is 2.67. The number of esters is 1. The van der Waals surface area contributed by atoms with E-state index in [2.05, 4.69) is 29.6 Å². The summed E-state index contributed by atoms with van der Waals surface area (Å²) in [5.74, 6) is -0.943. The molecule has 1 heterocycles. The number of allylic oxidation sites excluding steroid dienone is 1. The summed E-state index contributed by atoms with van der Waals surface area (Å²) >= 11 is 0. The quantitative estimate of drug-likeness (QED) is 0.605. The maximum atomic E-state index is 12.7. The van der Waals surface area contributed by atoms with Crippen molar-refractivity contribution < 1.29 is 23.9 Å². The molecule has 0 radical (unpaired) electrons. The van der Waals surface area contributed by atoms with Gasteiger partial charge in [-0.3, -0.25) is 14.4 Å². The Morgan fingerprint density at radius 2 is 1.75 bits per heavy atom. The molecular formula is C26H29NO5. The smallest absolute Gasteiger partial charge is 0.308 e. The Morgan fingerprint density at radius 1 is 1.06 bits per heavy atom. The van der Waals surface area contributed by atoms with Crippen LogP contribution in [0.1, 0.15) is 32.3 Å². The lowest BCUT2D eigenvalue weighted by molar-refractivity contribution is -0.148. The third-order valence-corrected chi connectivity index (χ3v) is 5.33. The van der Waals surface area contributed by atoms with Gasteiger partial charge in [0.25, 0.3) is 5.91 Å². The Labute approximate surface area is 188 Å². The molecule has 1 N–H and O–H groups in total. The van der Waals surface area contributed by atoms with Crippen LogP contribution in [-0.4, -0.2) is 36.9 Å². The first-order valence-electron chi connectivity index (χ1n) is 10.9. The fourth-order valence-corrected chi connectivity index (χ4v) is 3.65. The van der Waals surface area contributed by atoms with E-state index in [1.54, 1.807) is 13.8 Å². The molecule has 0 spiro atoms. The van der Waals surface area contributed by atoms with Crippen molar-refractivity contribution in [1.29, 1.82) is 0 Å². The summed E-state index contributed by atoms with van der Waals surface area (Å²) in [6.45, 7) is 3.79. The minimum Gasteiger partial charge on any atom is -0.480 e. The van der Waals surface area contributed by atoms with Crippen LogP contribution in [0, 0.1) is 5.92 Å². The molecule has 0 saturated carbocycles. The molecule has 6 heteroatoms. The predicted octanol–water partition coefficient (Wildman–Crippen LogP) is 3.84. The van der Waals surface area contributed by atoms with Crippen molar-refractivity contribution in [2.75, 3.05) is 13.2 Å². The summed E-state index contributed by atoms with van der Waals surface area (Å²) < 4.78 is 10.4. The minimum absolute atomic E-state index is 0.0625. The molecule has 1 amide bonds. The number of rotatable bonds is 9. The van der Waals surface area contributed by atoms with Gasteiger partial charge in [0.2, 0.25) is 0 Å². The van der Waals surface area contributed by atoms with Gasteiger partial charge in [0.15, 0.2) is 11.5 Å². The Hall–Kier alpha value is -3.41. The lowest BCUT2D eigenvalue weighted by atomic mass is 9.94. The zero-order valence-corrected chi connectivity index (χ0v) is 18.5. The lowest BCUT2D eigenvalue weighted by Gasteiger charge is -2.23. The Morgan fingerprint density at radius 3 is 2.38 bits per heavy atom. The molecule has 1 aliphatic heterocycles. The monoisotopic (exact) mass is 435 g/mol. The Balaban J connectivity index is 1.71. The van der Waals surface area contributed by atoms with Crippen molar-refractivity contribution in [2.45, 2.75) is 39.2 Å². The van der Waals surface area contributed by atoms with Crippen molar-refractivity contribution in [2.24, 2.45) is 5.92 Å². The second-order valence-corrected chi connectivity index (χ2v) is 7.93. The highest BCUT2D eigenvalue weighted by molar-refractivity contribution is 5.94. The summed E-state index contributed by atoms with van der Waals surface area (Å²) in [4.78, 5) is 36.2. The van der Waals surface area contributed by atoms with Gasteiger partial charge in [0.05, 0.1) is 12.5 Å². The molecule has 0 bridgehead atoms. The second-order valence-electron chi connectivity index (χ2n) is 7.93. The maximum Gasteiger partial charge on any atom is 0.308 e. The molecule has 32 heavy (non-hydrogen) atoms. The van der Waals surface area contributed by atoms with E-state index in [-0.39, 0.29) is 48.4 Å². The first-order chi connectivity index (χ1) is 15.5. The van der Waals surface area contributed by atoms with Crippen LogP contribution in [0.5, 0.6) is 0 Å². The van der Waals surface area contributed by atoms with Crippen LogP contribution in [0.25, 0.3) is 11.1 Å². The second kappa shape index (κ2) is 11.3. The molecule has 0 aromatic heterocycles. The van der Waals surface area contributed by atoms with E-state index >= 15 is 0 Å². The molecular weight excluding hydrogens is 406 g/mol. The summed E-state index contributed by atoms with van der Waals surface area (Å²) in [7, 11) is 0.